The first-order chi connectivity index (χ1) is 17.8. The number of methoxy groups -OCH3 is 2. The second-order valence-electron chi connectivity index (χ2n) is 9.56. The van der Waals surface area contributed by atoms with Gasteiger partial charge in [-0.25, -0.2) is 0 Å². The van der Waals surface area contributed by atoms with Gasteiger partial charge in [0.1, 0.15) is 17.2 Å². The van der Waals surface area contributed by atoms with Crippen molar-refractivity contribution in [2.75, 3.05) is 32.3 Å². The van der Waals surface area contributed by atoms with E-state index < -0.39 is 5.97 Å². The Morgan fingerprint density at radius 2 is 1.84 bits per heavy atom. The van der Waals surface area contributed by atoms with Gasteiger partial charge in [-0.05, 0) is 96.3 Å². The Balaban J connectivity index is 1.66. The Morgan fingerprint density at radius 3 is 2.57 bits per heavy atom. The molecule has 0 aliphatic carbocycles. The topological polar surface area (TPSA) is 85.3 Å². The molecule has 0 bridgehead atoms. The van der Waals surface area contributed by atoms with Gasteiger partial charge in [-0.1, -0.05) is 6.07 Å². The summed E-state index contributed by atoms with van der Waals surface area (Å²) in [5.74, 6) is 0.920. The molecule has 2 heterocycles. The molecule has 0 unspecified atom stereocenters. The quantitative estimate of drug-likeness (QED) is 0.503. The Morgan fingerprint density at radius 1 is 1.03 bits per heavy atom. The summed E-state index contributed by atoms with van der Waals surface area (Å²) >= 11 is 0. The van der Waals surface area contributed by atoms with Crippen LogP contribution >= 0.6 is 0 Å². The van der Waals surface area contributed by atoms with Gasteiger partial charge in [0.2, 0.25) is 0 Å². The molecular weight excluding hydrogens is 470 g/mol. The average molecular weight is 502 g/mol. The Hall–Kier alpha value is -4.00. The summed E-state index contributed by atoms with van der Waals surface area (Å²) < 4.78 is 16.7. The number of amides is 1. The van der Waals surface area contributed by atoms with E-state index in [0.717, 1.165) is 57.7 Å². The van der Waals surface area contributed by atoms with E-state index >= 15 is 0 Å². The summed E-state index contributed by atoms with van der Waals surface area (Å²) in [5.41, 5.74) is 8.14. The average Bonchev–Trinajstić information content (AvgIpc) is 3.32. The lowest BCUT2D eigenvalue weighted by atomic mass is 9.84. The maximum absolute atomic E-state index is 13.8. The number of fused-ring (bicyclic) bond motifs is 2. The maximum atomic E-state index is 13.8. The van der Waals surface area contributed by atoms with Crippen molar-refractivity contribution in [3.63, 3.8) is 0 Å². The van der Waals surface area contributed by atoms with Crippen LogP contribution in [-0.2, 0) is 24.1 Å². The molecule has 5 rings (SSSR count). The fourth-order valence-corrected chi connectivity index (χ4v) is 5.64. The van der Waals surface area contributed by atoms with Gasteiger partial charge >= 0.3 is 5.97 Å². The van der Waals surface area contributed by atoms with Gasteiger partial charge in [0.15, 0.2) is 0 Å². The van der Waals surface area contributed by atoms with E-state index in [2.05, 4.69) is 6.92 Å². The molecule has 37 heavy (non-hydrogen) atoms. The van der Waals surface area contributed by atoms with E-state index in [-0.39, 0.29) is 12.3 Å². The smallest absolute Gasteiger partial charge is 0.307 e. The van der Waals surface area contributed by atoms with Crippen LogP contribution in [0.4, 0.5) is 5.69 Å². The third kappa shape index (κ3) is 4.28. The molecule has 0 radical (unpaired) electrons. The van der Waals surface area contributed by atoms with E-state index in [1.54, 1.807) is 30.2 Å². The van der Waals surface area contributed by atoms with Crippen LogP contribution in [0.15, 0.2) is 36.4 Å². The zero-order valence-corrected chi connectivity index (χ0v) is 21.6. The van der Waals surface area contributed by atoms with Crippen LogP contribution in [0.5, 0.6) is 17.2 Å². The van der Waals surface area contributed by atoms with E-state index in [9.17, 15) is 14.7 Å². The van der Waals surface area contributed by atoms with E-state index in [1.165, 1.54) is 12.7 Å². The van der Waals surface area contributed by atoms with E-state index in [0.29, 0.717) is 36.6 Å². The minimum absolute atomic E-state index is 0.0816. The highest BCUT2D eigenvalue weighted by atomic mass is 16.5. The Kier molecular flexibility index (Phi) is 6.54. The lowest BCUT2D eigenvalue weighted by Gasteiger charge is -2.25. The minimum Gasteiger partial charge on any atom is -0.497 e. The predicted octanol–water partition coefficient (Wildman–Crippen LogP) is 5.14. The summed E-state index contributed by atoms with van der Waals surface area (Å²) in [6.07, 6.45) is 2.44. The normalized spacial score (nSPS) is 14.0. The van der Waals surface area contributed by atoms with Crippen LogP contribution in [0.1, 0.15) is 44.6 Å². The third-order valence-electron chi connectivity index (χ3n) is 7.48. The molecule has 1 amide bonds. The van der Waals surface area contributed by atoms with Crippen molar-refractivity contribution in [1.82, 2.24) is 0 Å². The molecule has 1 N–H and O–H groups in total. The number of ether oxygens (including phenoxy) is 3. The molecule has 0 aromatic heterocycles. The monoisotopic (exact) mass is 501 g/mol. The second kappa shape index (κ2) is 9.81. The molecule has 3 aromatic rings. The molecule has 0 fully saturated rings. The Labute approximate surface area is 216 Å². The van der Waals surface area contributed by atoms with Crippen LogP contribution in [0.25, 0.3) is 11.1 Å². The summed E-state index contributed by atoms with van der Waals surface area (Å²) in [6.45, 7) is 5.22. The number of carbonyl (C=O) groups is 2. The molecule has 0 saturated carbocycles. The lowest BCUT2D eigenvalue weighted by molar-refractivity contribution is -0.136. The van der Waals surface area contributed by atoms with Crippen LogP contribution in [0.3, 0.4) is 0 Å². The number of benzene rings is 3. The van der Waals surface area contributed by atoms with Crippen LogP contribution < -0.4 is 19.1 Å². The fraction of sp³-hybridized carbons (Fsp3) is 0.333. The predicted molar refractivity (Wildman–Crippen MR) is 141 cm³/mol. The SMILES string of the molecule is COc1ccc(C(=O)N2CCc3c2cc(C)c(CC(=O)O)c3-c2ccc3c(c2C)CCCO3)c(OC)c1. The van der Waals surface area contributed by atoms with Crippen molar-refractivity contribution >= 4 is 17.6 Å². The highest BCUT2D eigenvalue weighted by molar-refractivity contribution is 6.10. The molecule has 0 spiro atoms. The number of carboxylic acids is 1. The first-order valence-corrected chi connectivity index (χ1v) is 12.5. The van der Waals surface area contributed by atoms with Crippen LogP contribution in [0.2, 0.25) is 0 Å². The number of aryl methyl sites for hydroxylation is 1. The van der Waals surface area contributed by atoms with E-state index in [1.807, 2.05) is 25.1 Å². The molecule has 2 aliphatic rings. The number of rotatable bonds is 6. The van der Waals surface area contributed by atoms with Crippen molar-refractivity contribution in [3.8, 4) is 28.4 Å². The summed E-state index contributed by atoms with van der Waals surface area (Å²) in [4.78, 5) is 27.4. The first-order valence-electron chi connectivity index (χ1n) is 12.5. The van der Waals surface area contributed by atoms with Crippen LogP contribution in [-0.4, -0.2) is 44.4 Å². The van der Waals surface area contributed by atoms with Crippen LogP contribution in [0, 0.1) is 13.8 Å². The van der Waals surface area contributed by atoms with Gasteiger partial charge in [-0.3, -0.25) is 9.59 Å². The molecule has 7 heteroatoms. The number of hydrogen-bond donors (Lipinski definition) is 1. The van der Waals surface area contributed by atoms with Gasteiger partial charge < -0.3 is 24.2 Å². The highest BCUT2D eigenvalue weighted by Crippen LogP contribution is 2.45. The van der Waals surface area contributed by atoms with Gasteiger partial charge in [-0.15, -0.1) is 0 Å². The highest BCUT2D eigenvalue weighted by Gasteiger charge is 2.32. The zero-order chi connectivity index (χ0) is 26.3. The minimum atomic E-state index is -0.878. The number of hydrogen-bond acceptors (Lipinski definition) is 5. The fourth-order valence-electron chi connectivity index (χ4n) is 5.64. The number of carboxylic acid groups (broad SMARTS) is 1. The van der Waals surface area contributed by atoms with Crippen molar-refractivity contribution in [2.24, 2.45) is 0 Å². The van der Waals surface area contributed by atoms with Crippen molar-refractivity contribution in [2.45, 2.75) is 39.5 Å². The van der Waals surface area contributed by atoms with Gasteiger partial charge in [0, 0.05) is 18.3 Å². The largest absolute Gasteiger partial charge is 0.497 e. The van der Waals surface area contributed by atoms with Gasteiger partial charge in [0.05, 0.1) is 32.8 Å². The van der Waals surface area contributed by atoms with Gasteiger partial charge in [0.25, 0.3) is 5.91 Å². The van der Waals surface area contributed by atoms with Gasteiger partial charge in [-0.2, -0.15) is 0 Å². The van der Waals surface area contributed by atoms with Crippen molar-refractivity contribution in [1.29, 1.82) is 0 Å². The number of carbonyl (C=O) groups excluding carboxylic acids is 1. The first kappa shape index (κ1) is 24.7. The molecular formula is C30H31NO6. The second-order valence-corrected chi connectivity index (χ2v) is 9.56. The summed E-state index contributed by atoms with van der Waals surface area (Å²) in [5, 5.41) is 9.75. The molecule has 0 saturated heterocycles. The van der Waals surface area contributed by atoms with E-state index in [4.69, 9.17) is 14.2 Å². The van der Waals surface area contributed by atoms with Crippen molar-refractivity contribution < 1.29 is 28.9 Å². The maximum Gasteiger partial charge on any atom is 0.307 e. The molecule has 192 valence electrons. The summed E-state index contributed by atoms with van der Waals surface area (Å²) in [7, 11) is 3.10. The zero-order valence-electron chi connectivity index (χ0n) is 21.6. The third-order valence-corrected chi connectivity index (χ3v) is 7.48. The summed E-state index contributed by atoms with van der Waals surface area (Å²) in [6, 6.07) is 11.2. The Bertz CT molecular complexity index is 1410. The lowest BCUT2D eigenvalue weighted by Crippen LogP contribution is -2.29. The number of aliphatic carboxylic acids is 1. The molecule has 3 aromatic carbocycles. The standard InChI is InChI=1S/C30H31NO6/c1-17-14-25-22(11-12-31(25)30(34)23-8-7-19(35-3)15-27(23)36-4)29(24(17)16-28(32)33)21-9-10-26-20(18(21)2)6-5-13-37-26/h7-10,14-15H,5-6,11-13,16H2,1-4H3,(H,32,33). The molecule has 2 aliphatic heterocycles. The van der Waals surface area contributed by atoms with Crippen molar-refractivity contribution in [3.05, 3.63) is 69.8 Å². The molecule has 0 atom stereocenters. The molecule has 7 nitrogen and oxygen atoms in total. The number of anilines is 1. The number of nitrogens with zero attached hydrogens (tertiary/aromatic N) is 1.